The number of nitrogens with zero attached hydrogens (tertiary/aromatic N) is 3. The number of carbonyl (C=O) groups excluding carboxylic acids is 2. The third-order valence-corrected chi connectivity index (χ3v) is 6.48. The molecule has 0 atom stereocenters. The lowest BCUT2D eigenvalue weighted by atomic mass is 10.2. The molecule has 2 aromatic rings. The molecule has 0 saturated carbocycles. The minimum atomic E-state index is -3.56. The Balaban J connectivity index is 1.42. The molecule has 1 amide bonds. The van der Waals surface area contributed by atoms with Crippen LogP contribution in [0.2, 0.25) is 0 Å². The number of hydrogen-bond donors (Lipinski definition) is 0. The lowest BCUT2D eigenvalue weighted by Crippen LogP contribution is -2.50. The molecule has 10 heteroatoms. The first kappa shape index (κ1) is 21.0. The fourth-order valence-corrected chi connectivity index (χ4v) is 4.44. The maximum atomic E-state index is 12.6. The summed E-state index contributed by atoms with van der Waals surface area (Å²) < 4.78 is 36.6. The van der Waals surface area contributed by atoms with Crippen LogP contribution in [-0.2, 0) is 31.0 Å². The van der Waals surface area contributed by atoms with Crippen molar-refractivity contribution in [1.82, 2.24) is 14.4 Å². The first-order chi connectivity index (χ1) is 13.9. The molecule has 2 heterocycles. The van der Waals surface area contributed by atoms with Crippen molar-refractivity contribution >= 4 is 21.9 Å². The summed E-state index contributed by atoms with van der Waals surface area (Å²) in [7, 11) is -3.56. The standard InChI is InChI=1S/C19H23N3O6S/c1-15-13-16(28-20-15)14-27-19(24)8-7-18(23)21-9-11-22(12-10-21)29(25,26)17-5-3-2-4-6-17/h2-6,13H,7-12,14H2,1H3. The second-order valence-corrected chi connectivity index (χ2v) is 8.63. The van der Waals surface area contributed by atoms with Crippen LogP contribution < -0.4 is 0 Å². The first-order valence-corrected chi connectivity index (χ1v) is 10.7. The number of hydrogen-bond acceptors (Lipinski definition) is 7. The number of aryl methyl sites for hydroxylation is 1. The van der Waals surface area contributed by atoms with Crippen molar-refractivity contribution in [3.63, 3.8) is 0 Å². The van der Waals surface area contributed by atoms with E-state index in [1.165, 1.54) is 4.31 Å². The Morgan fingerprint density at radius 2 is 1.79 bits per heavy atom. The first-order valence-electron chi connectivity index (χ1n) is 9.27. The molecule has 1 aromatic heterocycles. The van der Waals surface area contributed by atoms with E-state index in [-0.39, 0.29) is 56.4 Å². The highest BCUT2D eigenvalue weighted by Gasteiger charge is 2.30. The van der Waals surface area contributed by atoms with Crippen LogP contribution in [0.15, 0.2) is 45.8 Å². The Labute approximate surface area is 169 Å². The summed E-state index contributed by atoms with van der Waals surface area (Å²) in [5.74, 6) is -0.259. The number of carbonyl (C=O) groups is 2. The van der Waals surface area contributed by atoms with Gasteiger partial charge in [-0.2, -0.15) is 4.31 Å². The summed E-state index contributed by atoms with van der Waals surface area (Å²) in [6.45, 7) is 2.76. The Morgan fingerprint density at radius 1 is 1.10 bits per heavy atom. The van der Waals surface area contributed by atoms with Gasteiger partial charge in [0.1, 0.15) is 0 Å². The van der Waals surface area contributed by atoms with E-state index in [4.69, 9.17) is 9.26 Å². The molecule has 0 spiro atoms. The van der Waals surface area contributed by atoms with Crippen molar-refractivity contribution in [2.24, 2.45) is 0 Å². The van der Waals surface area contributed by atoms with Crippen LogP contribution in [0, 0.1) is 6.92 Å². The van der Waals surface area contributed by atoms with Crippen LogP contribution in [-0.4, -0.2) is 60.8 Å². The van der Waals surface area contributed by atoms with Gasteiger partial charge in [0, 0.05) is 38.7 Å². The Hall–Kier alpha value is -2.72. The zero-order valence-corrected chi connectivity index (χ0v) is 16.9. The molecule has 1 aliphatic rings. The molecule has 1 aliphatic heterocycles. The number of sulfonamides is 1. The molecule has 0 unspecified atom stereocenters. The second-order valence-electron chi connectivity index (χ2n) is 6.69. The third kappa shape index (κ3) is 5.42. The van der Waals surface area contributed by atoms with Gasteiger partial charge in [0.2, 0.25) is 15.9 Å². The fourth-order valence-electron chi connectivity index (χ4n) is 2.99. The van der Waals surface area contributed by atoms with Crippen molar-refractivity contribution in [3.05, 3.63) is 47.9 Å². The van der Waals surface area contributed by atoms with Gasteiger partial charge >= 0.3 is 5.97 Å². The third-order valence-electron chi connectivity index (χ3n) is 4.57. The highest BCUT2D eigenvalue weighted by Crippen LogP contribution is 2.17. The molecule has 0 aliphatic carbocycles. The van der Waals surface area contributed by atoms with Gasteiger partial charge in [0.05, 0.1) is 17.0 Å². The van der Waals surface area contributed by atoms with Gasteiger partial charge < -0.3 is 14.2 Å². The summed E-state index contributed by atoms with van der Waals surface area (Å²) in [4.78, 5) is 26.0. The maximum Gasteiger partial charge on any atom is 0.306 e. The highest BCUT2D eigenvalue weighted by molar-refractivity contribution is 7.89. The van der Waals surface area contributed by atoms with Gasteiger partial charge in [-0.05, 0) is 19.1 Å². The number of benzene rings is 1. The number of amides is 1. The lowest BCUT2D eigenvalue weighted by Gasteiger charge is -2.34. The van der Waals surface area contributed by atoms with Gasteiger partial charge in [0.15, 0.2) is 12.4 Å². The minimum Gasteiger partial charge on any atom is -0.457 e. The van der Waals surface area contributed by atoms with Crippen LogP contribution in [0.3, 0.4) is 0 Å². The SMILES string of the molecule is Cc1cc(COC(=O)CCC(=O)N2CCN(S(=O)(=O)c3ccccc3)CC2)on1. The second kappa shape index (κ2) is 9.19. The van der Waals surface area contributed by atoms with E-state index in [2.05, 4.69) is 5.16 Å². The highest BCUT2D eigenvalue weighted by atomic mass is 32.2. The largest absolute Gasteiger partial charge is 0.457 e. The van der Waals surface area contributed by atoms with E-state index in [1.807, 2.05) is 0 Å². The normalized spacial score (nSPS) is 15.3. The molecular formula is C19H23N3O6S. The molecule has 9 nitrogen and oxygen atoms in total. The average Bonchev–Trinajstić information content (AvgIpc) is 3.16. The van der Waals surface area contributed by atoms with Gasteiger partial charge in [-0.1, -0.05) is 23.4 Å². The predicted octanol–water partition coefficient (Wildman–Crippen LogP) is 1.34. The van der Waals surface area contributed by atoms with Gasteiger partial charge in [-0.3, -0.25) is 9.59 Å². The summed E-state index contributed by atoms with van der Waals surface area (Å²) in [6.07, 6.45) is -0.0335. The van der Waals surface area contributed by atoms with Crippen molar-refractivity contribution in [2.45, 2.75) is 31.3 Å². The fraction of sp³-hybridized carbons (Fsp3) is 0.421. The number of ether oxygens (including phenoxy) is 1. The number of aromatic nitrogens is 1. The van der Waals surface area contributed by atoms with E-state index in [0.717, 1.165) is 0 Å². The van der Waals surface area contributed by atoms with Crippen molar-refractivity contribution in [3.8, 4) is 0 Å². The molecule has 0 radical (unpaired) electrons. The molecule has 3 rings (SSSR count). The van der Waals surface area contributed by atoms with Gasteiger partial charge in [-0.25, -0.2) is 8.42 Å². The van der Waals surface area contributed by atoms with E-state index < -0.39 is 16.0 Å². The molecule has 0 N–H and O–H groups in total. The van der Waals surface area contributed by atoms with Crippen LogP contribution in [0.1, 0.15) is 24.3 Å². The Kier molecular flexibility index (Phi) is 6.65. The monoisotopic (exact) mass is 421 g/mol. The average molecular weight is 421 g/mol. The lowest BCUT2D eigenvalue weighted by molar-refractivity contribution is -0.148. The number of rotatable bonds is 7. The van der Waals surface area contributed by atoms with Gasteiger partial charge in [-0.15, -0.1) is 0 Å². The zero-order valence-electron chi connectivity index (χ0n) is 16.1. The minimum absolute atomic E-state index is 0.0136. The van der Waals surface area contributed by atoms with Crippen molar-refractivity contribution < 1.29 is 27.3 Å². The van der Waals surface area contributed by atoms with Crippen molar-refractivity contribution in [2.75, 3.05) is 26.2 Å². The van der Waals surface area contributed by atoms with Crippen molar-refractivity contribution in [1.29, 1.82) is 0 Å². The molecule has 1 saturated heterocycles. The van der Waals surface area contributed by atoms with Gasteiger partial charge in [0.25, 0.3) is 0 Å². The molecule has 1 aromatic carbocycles. The smallest absolute Gasteiger partial charge is 0.306 e. The number of esters is 1. The predicted molar refractivity (Wildman–Crippen MR) is 102 cm³/mol. The van der Waals surface area contributed by atoms with Crippen LogP contribution in [0.4, 0.5) is 0 Å². The summed E-state index contributed by atoms with van der Waals surface area (Å²) >= 11 is 0. The molecule has 1 fully saturated rings. The summed E-state index contributed by atoms with van der Waals surface area (Å²) in [5, 5.41) is 3.70. The van der Waals surface area contributed by atoms with Crippen LogP contribution >= 0.6 is 0 Å². The molecule has 0 bridgehead atoms. The summed E-state index contributed by atoms with van der Waals surface area (Å²) in [5.41, 5.74) is 0.694. The van der Waals surface area contributed by atoms with E-state index in [0.29, 0.717) is 11.5 Å². The Morgan fingerprint density at radius 3 is 2.41 bits per heavy atom. The number of piperazine rings is 1. The topological polar surface area (TPSA) is 110 Å². The van der Waals surface area contributed by atoms with E-state index in [1.54, 1.807) is 48.2 Å². The zero-order chi connectivity index (χ0) is 20.9. The Bertz CT molecular complexity index is 949. The molecule has 29 heavy (non-hydrogen) atoms. The quantitative estimate of drug-likeness (QED) is 0.621. The van der Waals surface area contributed by atoms with E-state index >= 15 is 0 Å². The van der Waals surface area contributed by atoms with Crippen LogP contribution in [0.5, 0.6) is 0 Å². The van der Waals surface area contributed by atoms with E-state index in [9.17, 15) is 18.0 Å². The maximum absolute atomic E-state index is 12.6. The molecule has 156 valence electrons. The van der Waals surface area contributed by atoms with Crippen LogP contribution in [0.25, 0.3) is 0 Å². The molecular weight excluding hydrogens is 398 g/mol. The summed E-state index contributed by atoms with van der Waals surface area (Å²) in [6, 6.07) is 9.89.